The highest BCUT2D eigenvalue weighted by molar-refractivity contribution is 8.16. The first kappa shape index (κ1) is 20.2. The first-order chi connectivity index (χ1) is 13.6. The Kier molecular flexibility index (Phi) is 6.00. The predicted molar refractivity (Wildman–Crippen MR) is 120 cm³/mol. The van der Waals surface area contributed by atoms with E-state index in [2.05, 4.69) is 42.5 Å². The van der Waals surface area contributed by atoms with E-state index in [0.29, 0.717) is 22.5 Å². The van der Waals surface area contributed by atoms with Crippen molar-refractivity contribution in [1.29, 1.82) is 0 Å². The van der Waals surface area contributed by atoms with Crippen LogP contribution in [0.5, 0.6) is 0 Å². The molecule has 4 rings (SSSR count). The van der Waals surface area contributed by atoms with Crippen LogP contribution < -0.4 is 0 Å². The minimum atomic E-state index is -0.261. The molecule has 1 aliphatic carbocycles. The van der Waals surface area contributed by atoms with Crippen LogP contribution in [0.2, 0.25) is 0 Å². The fourth-order valence-electron chi connectivity index (χ4n) is 5.46. The Morgan fingerprint density at radius 3 is 2.71 bits per heavy atom. The number of thioether (sulfide) groups is 2. The van der Waals surface area contributed by atoms with Crippen molar-refractivity contribution in [2.24, 2.45) is 11.8 Å². The standard InChI is InChI=1S/C22H30N2O2S2/c1-5-15-14-10-11-23(13-19(27-3)28-4)21(15)20-16-8-6-7-9-17(16)24(18(20)12-14)22(25)26-2/h6-9,14-15,19,21H,5,10-13H2,1-4H3/t14-,15+,21-/m1/s1. The second-order valence-corrected chi connectivity index (χ2v) is 10.2. The minimum absolute atomic E-state index is 0.261. The summed E-state index contributed by atoms with van der Waals surface area (Å²) in [6.45, 7) is 4.58. The Labute approximate surface area is 176 Å². The highest BCUT2D eigenvalue weighted by Gasteiger charge is 2.45. The molecule has 0 radical (unpaired) electrons. The molecule has 6 heteroatoms. The van der Waals surface area contributed by atoms with Gasteiger partial charge >= 0.3 is 6.09 Å². The van der Waals surface area contributed by atoms with E-state index in [-0.39, 0.29) is 6.09 Å². The molecule has 4 nitrogen and oxygen atoms in total. The van der Waals surface area contributed by atoms with E-state index < -0.39 is 0 Å². The first-order valence-electron chi connectivity index (χ1n) is 10.1. The van der Waals surface area contributed by atoms with Gasteiger partial charge in [-0.1, -0.05) is 31.5 Å². The van der Waals surface area contributed by atoms with Gasteiger partial charge in [0.2, 0.25) is 0 Å². The van der Waals surface area contributed by atoms with Crippen LogP contribution in [0.4, 0.5) is 4.79 Å². The second kappa shape index (κ2) is 8.33. The molecule has 0 unspecified atom stereocenters. The van der Waals surface area contributed by atoms with Gasteiger partial charge in [-0.2, -0.15) is 0 Å². The summed E-state index contributed by atoms with van der Waals surface area (Å²) in [4.78, 5) is 15.4. The zero-order valence-corrected chi connectivity index (χ0v) is 18.8. The smallest absolute Gasteiger partial charge is 0.418 e. The van der Waals surface area contributed by atoms with Gasteiger partial charge in [-0.05, 0) is 55.4 Å². The number of hydrogen-bond donors (Lipinski definition) is 0. The van der Waals surface area contributed by atoms with Gasteiger partial charge in [0.05, 0.1) is 17.2 Å². The van der Waals surface area contributed by atoms with E-state index in [4.69, 9.17) is 4.74 Å². The van der Waals surface area contributed by atoms with Gasteiger partial charge in [0.1, 0.15) is 0 Å². The molecule has 2 bridgehead atoms. The van der Waals surface area contributed by atoms with Crippen molar-refractivity contribution in [2.45, 2.75) is 36.8 Å². The lowest BCUT2D eigenvalue weighted by Crippen LogP contribution is -2.48. The minimum Gasteiger partial charge on any atom is -0.452 e. The monoisotopic (exact) mass is 418 g/mol. The Morgan fingerprint density at radius 2 is 2.04 bits per heavy atom. The van der Waals surface area contributed by atoms with Crippen molar-refractivity contribution < 1.29 is 9.53 Å². The number of aromatic nitrogens is 1. The third kappa shape index (κ3) is 3.17. The summed E-state index contributed by atoms with van der Waals surface area (Å²) in [5.41, 5.74) is 3.56. The van der Waals surface area contributed by atoms with Crippen molar-refractivity contribution in [3.8, 4) is 0 Å². The van der Waals surface area contributed by atoms with E-state index in [0.717, 1.165) is 25.0 Å². The zero-order chi connectivity index (χ0) is 19.8. The molecule has 2 heterocycles. The maximum Gasteiger partial charge on any atom is 0.418 e. The Morgan fingerprint density at radius 1 is 1.29 bits per heavy atom. The zero-order valence-electron chi connectivity index (χ0n) is 17.2. The van der Waals surface area contributed by atoms with Crippen molar-refractivity contribution in [2.75, 3.05) is 32.7 Å². The number of piperidine rings is 1. The number of nitrogens with zero attached hydrogens (tertiary/aromatic N) is 2. The normalized spacial score (nSPS) is 24.5. The summed E-state index contributed by atoms with van der Waals surface area (Å²) in [5.74, 6) is 1.30. The molecule has 1 aliphatic heterocycles. The molecule has 2 aliphatic rings. The van der Waals surface area contributed by atoms with E-state index in [1.807, 2.05) is 34.2 Å². The molecule has 0 N–H and O–H groups in total. The van der Waals surface area contributed by atoms with Crippen LogP contribution in [0.25, 0.3) is 10.9 Å². The van der Waals surface area contributed by atoms with E-state index in [9.17, 15) is 4.79 Å². The quantitative estimate of drug-likeness (QED) is 0.619. The fourth-order valence-corrected chi connectivity index (χ4v) is 6.91. The fraction of sp³-hybridized carbons (Fsp3) is 0.591. The van der Waals surface area contributed by atoms with Crippen molar-refractivity contribution in [1.82, 2.24) is 9.47 Å². The predicted octanol–water partition coefficient (Wildman–Crippen LogP) is 5.25. The molecule has 28 heavy (non-hydrogen) atoms. The average molecular weight is 419 g/mol. The van der Waals surface area contributed by atoms with Gasteiger partial charge in [-0.15, -0.1) is 23.5 Å². The number of carbonyl (C=O) groups is 1. The summed E-state index contributed by atoms with van der Waals surface area (Å²) in [5, 5.41) is 1.22. The summed E-state index contributed by atoms with van der Waals surface area (Å²) in [6.07, 6.45) is 7.54. The average Bonchev–Trinajstić information content (AvgIpc) is 3.05. The molecular formula is C22H30N2O2S2. The second-order valence-electron chi connectivity index (χ2n) is 7.85. The summed E-state index contributed by atoms with van der Waals surface area (Å²) in [6, 6.07) is 8.76. The Bertz CT molecular complexity index is 862. The van der Waals surface area contributed by atoms with Crippen LogP contribution >= 0.6 is 23.5 Å². The topological polar surface area (TPSA) is 34.5 Å². The number of fused-ring (bicyclic) bond motifs is 6. The third-order valence-electron chi connectivity index (χ3n) is 6.70. The first-order valence-corrected chi connectivity index (χ1v) is 12.7. The number of rotatable bonds is 5. The molecule has 0 amide bonds. The number of ether oxygens (including phenoxy) is 1. The van der Waals surface area contributed by atoms with Crippen LogP contribution in [-0.4, -0.2) is 52.9 Å². The largest absolute Gasteiger partial charge is 0.452 e. The maximum atomic E-state index is 12.7. The lowest BCUT2D eigenvalue weighted by atomic mass is 9.68. The van der Waals surface area contributed by atoms with Gasteiger partial charge in [0.25, 0.3) is 0 Å². The van der Waals surface area contributed by atoms with Crippen molar-refractivity contribution >= 4 is 40.5 Å². The van der Waals surface area contributed by atoms with Gasteiger partial charge < -0.3 is 4.74 Å². The van der Waals surface area contributed by atoms with E-state index in [1.165, 1.54) is 36.6 Å². The number of likely N-dealkylation sites (tertiary alicyclic amines) is 1. The summed E-state index contributed by atoms with van der Waals surface area (Å²) >= 11 is 3.89. The van der Waals surface area contributed by atoms with Crippen LogP contribution in [0.1, 0.15) is 37.1 Å². The molecule has 3 atom stereocenters. The molecule has 1 aromatic heterocycles. The van der Waals surface area contributed by atoms with Gasteiger partial charge in [0, 0.05) is 23.7 Å². The molecule has 0 spiro atoms. The van der Waals surface area contributed by atoms with Crippen LogP contribution in [0.15, 0.2) is 24.3 Å². The highest BCUT2D eigenvalue weighted by Crippen LogP contribution is 2.51. The van der Waals surface area contributed by atoms with E-state index in [1.54, 1.807) is 0 Å². The molecule has 2 aromatic rings. The number of carbonyl (C=O) groups excluding carboxylic acids is 1. The van der Waals surface area contributed by atoms with Crippen molar-refractivity contribution in [3.05, 3.63) is 35.5 Å². The van der Waals surface area contributed by atoms with Crippen LogP contribution in [0.3, 0.4) is 0 Å². The molecule has 152 valence electrons. The van der Waals surface area contributed by atoms with Gasteiger partial charge in [0.15, 0.2) is 0 Å². The lowest BCUT2D eigenvalue weighted by molar-refractivity contribution is 0.0363. The molecular weight excluding hydrogens is 388 g/mol. The lowest BCUT2D eigenvalue weighted by Gasteiger charge is -2.49. The SMILES string of the molecule is CC[C@H]1[C@@H]2CCN(CC(SC)SC)[C@H]1c1c(n(C(=O)OC)c3ccccc13)C2. The highest BCUT2D eigenvalue weighted by atomic mass is 32.2. The van der Waals surface area contributed by atoms with E-state index >= 15 is 0 Å². The number of benzene rings is 1. The molecule has 1 fully saturated rings. The number of para-hydroxylation sites is 1. The van der Waals surface area contributed by atoms with Gasteiger partial charge in [-0.25, -0.2) is 9.36 Å². The van der Waals surface area contributed by atoms with Gasteiger partial charge in [-0.3, -0.25) is 4.90 Å². The maximum absolute atomic E-state index is 12.7. The van der Waals surface area contributed by atoms with Crippen LogP contribution in [-0.2, 0) is 11.2 Å². The summed E-state index contributed by atoms with van der Waals surface area (Å²) < 4.78 is 7.60. The number of hydrogen-bond acceptors (Lipinski definition) is 5. The van der Waals surface area contributed by atoms with Crippen LogP contribution in [0, 0.1) is 11.8 Å². The molecule has 0 saturated carbocycles. The Hall–Kier alpha value is -1.11. The third-order valence-corrected chi connectivity index (χ3v) is 9.20. The van der Waals surface area contributed by atoms with Crippen molar-refractivity contribution in [3.63, 3.8) is 0 Å². The number of methoxy groups -OCH3 is 1. The molecule has 1 aromatic carbocycles. The molecule has 1 saturated heterocycles. The Balaban J connectivity index is 1.89. The summed E-state index contributed by atoms with van der Waals surface area (Å²) in [7, 11) is 1.48.